The fourth-order valence-electron chi connectivity index (χ4n) is 2.94. The predicted octanol–water partition coefficient (Wildman–Crippen LogP) is 4.34. The first-order valence-electron chi connectivity index (χ1n) is 11.5. The van der Waals surface area contributed by atoms with Crippen LogP contribution < -0.4 is 10.5 Å². The molecule has 7 nitrogen and oxygen atoms in total. The molecule has 0 aliphatic heterocycles. The first kappa shape index (κ1) is 27.4. The SMILES string of the molecule is CC(N)c1cccc(OCCCCCCOCCOCCOCCCCCC(=O)O)c1. The maximum atomic E-state index is 10.4. The Balaban J connectivity index is 1.77. The Kier molecular flexibility index (Phi) is 16.8. The third kappa shape index (κ3) is 16.7. The molecule has 0 radical (unpaired) electrons. The molecule has 1 unspecified atom stereocenters. The van der Waals surface area contributed by atoms with Gasteiger partial charge in [0.1, 0.15) is 5.75 Å². The van der Waals surface area contributed by atoms with Crippen LogP contribution in [0.2, 0.25) is 0 Å². The van der Waals surface area contributed by atoms with Crippen molar-refractivity contribution in [2.75, 3.05) is 46.2 Å². The Hall–Kier alpha value is -1.67. The van der Waals surface area contributed by atoms with Crippen molar-refractivity contribution in [1.82, 2.24) is 0 Å². The average molecular weight is 440 g/mol. The minimum Gasteiger partial charge on any atom is -0.494 e. The lowest BCUT2D eigenvalue weighted by atomic mass is 10.1. The Labute approximate surface area is 187 Å². The molecule has 0 aliphatic carbocycles. The number of hydrogen-bond acceptors (Lipinski definition) is 6. The third-order valence-corrected chi connectivity index (χ3v) is 4.76. The van der Waals surface area contributed by atoms with Gasteiger partial charge in [-0.05, 0) is 56.7 Å². The van der Waals surface area contributed by atoms with Crippen LogP contribution in [0.5, 0.6) is 5.75 Å². The number of aliphatic carboxylic acids is 1. The summed E-state index contributed by atoms with van der Waals surface area (Å²) in [5.74, 6) is 0.154. The number of carboxylic acids is 1. The van der Waals surface area contributed by atoms with E-state index in [1.165, 1.54) is 0 Å². The van der Waals surface area contributed by atoms with Crippen molar-refractivity contribution >= 4 is 5.97 Å². The van der Waals surface area contributed by atoms with Crippen LogP contribution in [0, 0.1) is 0 Å². The highest BCUT2D eigenvalue weighted by Crippen LogP contribution is 2.18. The summed E-state index contributed by atoms with van der Waals surface area (Å²) >= 11 is 0. The summed E-state index contributed by atoms with van der Waals surface area (Å²) in [5.41, 5.74) is 6.99. The Morgan fingerprint density at radius 2 is 1.39 bits per heavy atom. The Morgan fingerprint density at radius 3 is 1.97 bits per heavy atom. The van der Waals surface area contributed by atoms with Gasteiger partial charge >= 0.3 is 5.97 Å². The zero-order valence-corrected chi connectivity index (χ0v) is 19.1. The zero-order valence-electron chi connectivity index (χ0n) is 19.1. The van der Waals surface area contributed by atoms with Gasteiger partial charge in [-0.3, -0.25) is 4.79 Å². The summed E-state index contributed by atoms with van der Waals surface area (Å²) in [6, 6.07) is 8.01. The maximum Gasteiger partial charge on any atom is 0.303 e. The van der Waals surface area contributed by atoms with E-state index in [0.29, 0.717) is 39.5 Å². The van der Waals surface area contributed by atoms with Gasteiger partial charge in [-0.1, -0.05) is 25.0 Å². The highest BCUT2D eigenvalue weighted by atomic mass is 16.5. The minimum absolute atomic E-state index is 0.0235. The minimum atomic E-state index is -0.735. The normalized spacial score (nSPS) is 12.1. The van der Waals surface area contributed by atoms with Crippen molar-refractivity contribution in [2.24, 2.45) is 5.73 Å². The number of ether oxygens (including phenoxy) is 4. The largest absolute Gasteiger partial charge is 0.494 e. The fourth-order valence-corrected chi connectivity index (χ4v) is 2.94. The van der Waals surface area contributed by atoms with Crippen LogP contribution in [-0.2, 0) is 19.0 Å². The topological polar surface area (TPSA) is 100 Å². The first-order valence-corrected chi connectivity index (χ1v) is 11.5. The van der Waals surface area contributed by atoms with Crippen molar-refractivity contribution in [3.63, 3.8) is 0 Å². The molecule has 0 saturated carbocycles. The second kappa shape index (κ2) is 19.0. The number of rotatable bonds is 21. The summed E-state index contributed by atoms with van der Waals surface area (Å²) in [6.07, 6.45) is 7.06. The molecule has 0 aromatic heterocycles. The van der Waals surface area contributed by atoms with E-state index in [9.17, 15) is 4.79 Å². The molecule has 1 aromatic rings. The number of nitrogens with two attached hydrogens (primary N) is 1. The molecule has 3 N–H and O–H groups in total. The zero-order chi connectivity index (χ0) is 22.6. The molecule has 0 heterocycles. The van der Waals surface area contributed by atoms with E-state index < -0.39 is 5.97 Å². The second-order valence-corrected chi connectivity index (χ2v) is 7.67. The average Bonchev–Trinajstić information content (AvgIpc) is 2.75. The number of benzene rings is 1. The summed E-state index contributed by atoms with van der Waals surface area (Å²) < 4.78 is 22.3. The first-order chi connectivity index (χ1) is 15.1. The van der Waals surface area contributed by atoms with Crippen LogP contribution >= 0.6 is 0 Å². The van der Waals surface area contributed by atoms with Crippen molar-refractivity contribution in [3.05, 3.63) is 29.8 Å². The smallest absolute Gasteiger partial charge is 0.303 e. The highest BCUT2D eigenvalue weighted by Gasteiger charge is 2.01. The quantitative estimate of drug-likeness (QED) is 0.275. The van der Waals surface area contributed by atoms with E-state index >= 15 is 0 Å². The van der Waals surface area contributed by atoms with Gasteiger partial charge < -0.3 is 29.8 Å². The van der Waals surface area contributed by atoms with Gasteiger partial charge in [-0.2, -0.15) is 0 Å². The van der Waals surface area contributed by atoms with E-state index in [0.717, 1.165) is 63.1 Å². The van der Waals surface area contributed by atoms with Crippen LogP contribution in [0.4, 0.5) is 0 Å². The van der Waals surface area contributed by atoms with E-state index in [1.54, 1.807) is 0 Å². The fraction of sp³-hybridized carbons (Fsp3) is 0.708. The standard InChI is InChI=1S/C24H41NO6/c1-21(25)22-10-9-11-23(20-22)31-15-8-3-2-6-13-28-16-18-30-19-17-29-14-7-4-5-12-24(26)27/h9-11,20-21H,2-8,12-19,25H2,1H3,(H,26,27). The van der Waals surface area contributed by atoms with E-state index in [4.69, 9.17) is 29.8 Å². The van der Waals surface area contributed by atoms with Crippen molar-refractivity contribution in [3.8, 4) is 5.75 Å². The summed E-state index contributed by atoms with van der Waals surface area (Å²) in [7, 11) is 0. The van der Waals surface area contributed by atoms with E-state index in [2.05, 4.69) is 0 Å². The monoisotopic (exact) mass is 439 g/mol. The summed E-state index contributed by atoms with van der Waals surface area (Å²) in [6.45, 7) is 6.42. The van der Waals surface area contributed by atoms with Gasteiger partial charge in [0, 0.05) is 25.7 Å². The molecule has 1 atom stereocenters. The van der Waals surface area contributed by atoms with Gasteiger partial charge in [0.25, 0.3) is 0 Å². The second-order valence-electron chi connectivity index (χ2n) is 7.67. The Morgan fingerprint density at radius 1 is 0.839 bits per heavy atom. The third-order valence-electron chi connectivity index (χ3n) is 4.76. The molecule has 0 amide bonds. The maximum absolute atomic E-state index is 10.4. The molecule has 0 saturated heterocycles. The highest BCUT2D eigenvalue weighted by molar-refractivity contribution is 5.66. The van der Waals surface area contributed by atoms with E-state index in [-0.39, 0.29) is 12.5 Å². The summed E-state index contributed by atoms with van der Waals surface area (Å²) in [4.78, 5) is 10.4. The lowest BCUT2D eigenvalue weighted by Gasteiger charge is -2.10. The van der Waals surface area contributed by atoms with Gasteiger partial charge in [-0.25, -0.2) is 0 Å². The van der Waals surface area contributed by atoms with Crippen molar-refractivity contribution < 1.29 is 28.8 Å². The Bertz CT molecular complexity index is 567. The van der Waals surface area contributed by atoms with Crippen molar-refractivity contribution in [1.29, 1.82) is 0 Å². The number of hydrogen-bond donors (Lipinski definition) is 2. The molecule has 0 fully saturated rings. The number of carboxylic acid groups (broad SMARTS) is 1. The van der Waals surface area contributed by atoms with Gasteiger partial charge in [0.15, 0.2) is 0 Å². The van der Waals surface area contributed by atoms with Gasteiger partial charge in [0.05, 0.1) is 33.0 Å². The predicted molar refractivity (Wildman–Crippen MR) is 122 cm³/mol. The summed E-state index contributed by atoms with van der Waals surface area (Å²) in [5, 5.41) is 8.54. The van der Waals surface area contributed by atoms with Gasteiger partial charge in [0.2, 0.25) is 0 Å². The van der Waals surface area contributed by atoms with Gasteiger partial charge in [-0.15, -0.1) is 0 Å². The lowest BCUT2D eigenvalue weighted by molar-refractivity contribution is -0.137. The molecule has 0 aliphatic rings. The molecular formula is C24H41NO6. The lowest BCUT2D eigenvalue weighted by Crippen LogP contribution is -2.10. The molecule has 0 bridgehead atoms. The molecule has 1 aromatic carbocycles. The van der Waals surface area contributed by atoms with Crippen LogP contribution in [-0.4, -0.2) is 57.3 Å². The van der Waals surface area contributed by atoms with Crippen LogP contribution in [0.25, 0.3) is 0 Å². The van der Waals surface area contributed by atoms with Crippen LogP contribution in [0.15, 0.2) is 24.3 Å². The molecule has 178 valence electrons. The molecule has 0 spiro atoms. The number of carbonyl (C=O) groups is 1. The van der Waals surface area contributed by atoms with Crippen LogP contribution in [0.1, 0.15) is 69.9 Å². The van der Waals surface area contributed by atoms with E-state index in [1.807, 2.05) is 31.2 Å². The molecule has 7 heteroatoms. The molecule has 31 heavy (non-hydrogen) atoms. The van der Waals surface area contributed by atoms with Crippen molar-refractivity contribution in [2.45, 2.75) is 64.3 Å². The van der Waals surface area contributed by atoms with Crippen LogP contribution in [0.3, 0.4) is 0 Å². The molecule has 1 rings (SSSR count). The molecular weight excluding hydrogens is 398 g/mol. The number of unbranched alkanes of at least 4 members (excludes halogenated alkanes) is 5.